The van der Waals surface area contributed by atoms with Crippen LogP contribution in [-0.2, 0) is 0 Å². The molecule has 10 heteroatoms. The molecule has 166 valence electrons. The number of nitrogens with zero attached hydrogens (tertiary/aromatic N) is 4. The van der Waals surface area contributed by atoms with Crippen LogP contribution in [-0.4, -0.2) is 30.8 Å². The van der Waals surface area contributed by atoms with Gasteiger partial charge in [-0.2, -0.15) is 5.10 Å². The zero-order chi connectivity index (χ0) is 23.1. The summed E-state index contributed by atoms with van der Waals surface area (Å²) in [4.78, 5) is 34.1. The molecule has 0 spiro atoms. The minimum atomic E-state index is -0.642. The summed E-state index contributed by atoms with van der Waals surface area (Å²) < 4.78 is 6.39. The van der Waals surface area contributed by atoms with Crippen LogP contribution in [0.15, 0.2) is 58.0 Å². The molecule has 4 heterocycles. The van der Waals surface area contributed by atoms with E-state index in [4.69, 9.17) is 4.98 Å². The Morgan fingerprint density at radius 2 is 2.06 bits per heavy atom. The maximum Gasteiger partial charge on any atom is 0.439 e. The van der Waals surface area contributed by atoms with Crippen LogP contribution in [0, 0.1) is 6.92 Å². The van der Waals surface area contributed by atoms with Crippen molar-refractivity contribution in [3.63, 3.8) is 0 Å². The van der Waals surface area contributed by atoms with Crippen LogP contribution in [0.2, 0.25) is 0 Å². The predicted molar refractivity (Wildman–Crippen MR) is 126 cm³/mol. The molecule has 1 aromatic carbocycles. The van der Waals surface area contributed by atoms with Crippen LogP contribution in [0.1, 0.15) is 35.1 Å². The Kier molecular flexibility index (Phi) is 5.14. The second-order valence-electron chi connectivity index (χ2n) is 7.86. The lowest BCUT2D eigenvalue weighted by Gasteiger charge is -2.11. The van der Waals surface area contributed by atoms with Crippen LogP contribution in [0.4, 0.5) is 5.69 Å². The Morgan fingerprint density at radius 1 is 1.21 bits per heavy atom. The molecule has 0 radical (unpaired) electrons. The number of rotatable bonds is 5. The van der Waals surface area contributed by atoms with Gasteiger partial charge in [0.2, 0.25) is 0 Å². The number of anilines is 1. The van der Waals surface area contributed by atoms with Crippen molar-refractivity contribution in [1.29, 1.82) is 0 Å². The van der Waals surface area contributed by atoms with Crippen molar-refractivity contribution in [1.82, 2.24) is 24.9 Å². The van der Waals surface area contributed by atoms with Gasteiger partial charge in [0.1, 0.15) is 0 Å². The highest BCUT2D eigenvalue weighted by Crippen LogP contribution is 2.31. The summed E-state index contributed by atoms with van der Waals surface area (Å²) in [5.41, 5.74) is 3.03. The van der Waals surface area contributed by atoms with Gasteiger partial charge in [-0.05, 0) is 51.1 Å². The third kappa shape index (κ3) is 3.96. The van der Waals surface area contributed by atoms with E-state index in [0.29, 0.717) is 27.8 Å². The van der Waals surface area contributed by atoms with Crippen molar-refractivity contribution in [2.75, 3.05) is 5.32 Å². The number of thiophene rings is 1. The Balaban J connectivity index is 1.56. The van der Waals surface area contributed by atoms with E-state index >= 15 is 0 Å². The first kappa shape index (κ1) is 20.8. The number of carbonyl (C=O) groups excluding carboxylic acids is 1. The molecule has 0 saturated carbocycles. The molecular formula is C23H20N6O3S. The fraction of sp³-hybridized carbons (Fsp3) is 0.174. The summed E-state index contributed by atoms with van der Waals surface area (Å²) in [6.07, 6.45) is 1.68. The fourth-order valence-corrected chi connectivity index (χ4v) is 4.41. The number of benzene rings is 1. The third-order valence-corrected chi connectivity index (χ3v) is 6.15. The summed E-state index contributed by atoms with van der Waals surface area (Å²) in [6, 6.07) is 12.9. The molecule has 1 amide bonds. The number of hydrogen-bond donors (Lipinski definition) is 2. The van der Waals surface area contributed by atoms with Crippen molar-refractivity contribution < 1.29 is 9.32 Å². The van der Waals surface area contributed by atoms with Crippen LogP contribution in [0.25, 0.3) is 33.0 Å². The van der Waals surface area contributed by atoms with E-state index < -0.39 is 5.76 Å². The highest BCUT2D eigenvalue weighted by atomic mass is 32.1. The van der Waals surface area contributed by atoms with E-state index in [1.807, 2.05) is 37.6 Å². The van der Waals surface area contributed by atoms with E-state index in [2.05, 4.69) is 25.1 Å². The summed E-state index contributed by atoms with van der Waals surface area (Å²) in [6.45, 7) is 6.08. The van der Waals surface area contributed by atoms with E-state index in [9.17, 15) is 9.59 Å². The summed E-state index contributed by atoms with van der Waals surface area (Å²) in [7, 11) is 0. The zero-order valence-electron chi connectivity index (χ0n) is 18.1. The molecule has 0 aliphatic heterocycles. The topological polar surface area (TPSA) is 119 Å². The zero-order valence-corrected chi connectivity index (χ0v) is 18.9. The lowest BCUT2D eigenvalue weighted by atomic mass is 10.1. The van der Waals surface area contributed by atoms with E-state index in [-0.39, 0.29) is 17.8 Å². The van der Waals surface area contributed by atoms with Crippen LogP contribution in [0.3, 0.4) is 0 Å². The predicted octanol–water partition coefficient (Wildman–Crippen LogP) is 4.64. The molecule has 0 atom stereocenters. The number of aromatic amines is 1. The Labute approximate surface area is 192 Å². The number of hydrogen-bond acceptors (Lipinski definition) is 7. The van der Waals surface area contributed by atoms with Crippen molar-refractivity contribution in [2.45, 2.75) is 26.8 Å². The monoisotopic (exact) mass is 460 g/mol. The van der Waals surface area contributed by atoms with Gasteiger partial charge in [-0.25, -0.2) is 14.5 Å². The molecule has 4 aromatic heterocycles. The summed E-state index contributed by atoms with van der Waals surface area (Å²) in [5.74, 6) is -0.640. The second kappa shape index (κ2) is 8.14. The number of aryl methyl sites for hydroxylation is 1. The van der Waals surface area contributed by atoms with E-state index in [0.717, 1.165) is 15.4 Å². The first-order valence-electron chi connectivity index (χ1n) is 10.3. The number of aromatic nitrogens is 5. The van der Waals surface area contributed by atoms with Gasteiger partial charge in [0.15, 0.2) is 11.5 Å². The number of pyridine rings is 1. The van der Waals surface area contributed by atoms with Gasteiger partial charge in [0.05, 0.1) is 27.7 Å². The lowest BCUT2D eigenvalue weighted by Crippen LogP contribution is -2.13. The van der Waals surface area contributed by atoms with Gasteiger partial charge in [0, 0.05) is 22.2 Å². The quantitative estimate of drug-likeness (QED) is 0.394. The maximum absolute atomic E-state index is 13.4. The van der Waals surface area contributed by atoms with Gasteiger partial charge in [-0.3, -0.25) is 14.3 Å². The Morgan fingerprint density at radius 3 is 2.76 bits per heavy atom. The SMILES string of the molecule is Cc1ccc(-c2cc(C(=O)Nc3cccc(-c4noc(=O)[nH]4)c3)c3cnn(C(C)C)c3n2)s1. The molecule has 0 bridgehead atoms. The molecular weight excluding hydrogens is 440 g/mol. The van der Waals surface area contributed by atoms with E-state index in [1.165, 1.54) is 0 Å². The first-order valence-corrected chi connectivity index (χ1v) is 11.1. The average Bonchev–Trinajstić information content (AvgIpc) is 3.52. The average molecular weight is 461 g/mol. The molecule has 0 aliphatic carbocycles. The fourth-order valence-electron chi connectivity index (χ4n) is 3.58. The molecule has 0 fully saturated rings. The number of nitrogens with one attached hydrogen (secondary N) is 2. The van der Waals surface area contributed by atoms with Crippen molar-refractivity contribution in [3.8, 4) is 22.0 Å². The van der Waals surface area contributed by atoms with Crippen LogP contribution < -0.4 is 11.1 Å². The maximum atomic E-state index is 13.4. The molecule has 0 aliphatic rings. The number of fused-ring (bicyclic) bond motifs is 1. The largest absolute Gasteiger partial charge is 0.439 e. The van der Waals surface area contributed by atoms with Gasteiger partial charge in [-0.15, -0.1) is 11.3 Å². The minimum Gasteiger partial charge on any atom is -0.322 e. The molecule has 33 heavy (non-hydrogen) atoms. The van der Waals surface area contributed by atoms with Gasteiger partial charge < -0.3 is 5.32 Å². The molecule has 5 aromatic rings. The lowest BCUT2D eigenvalue weighted by molar-refractivity contribution is 0.102. The highest BCUT2D eigenvalue weighted by Gasteiger charge is 2.19. The van der Waals surface area contributed by atoms with Crippen molar-refractivity contribution in [2.24, 2.45) is 0 Å². The molecule has 0 saturated heterocycles. The molecule has 5 rings (SSSR count). The van der Waals surface area contributed by atoms with Gasteiger partial charge >= 0.3 is 5.76 Å². The summed E-state index contributed by atoms with van der Waals surface area (Å²) in [5, 5.41) is 11.8. The van der Waals surface area contributed by atoms with Crippen molar-refractivity contribution >= 4 is 34.0 Å². The third-order valence-electron chi connectivity index (χ3n) is 5.13. The summed E-state index contributed by atoms with van der Waals surface area (Å²) >= 11 is 1.62. The number of carbonyl (C=O) groups is 1. The standard InChI is InChI=1S/C23H20N6O3S/c1-12(2)29-21-17(11-24-29)16(10-18(26-21)19-8-7-13(3)33-19)22(30)25-15-6-4-5-14(9-15)20-27-23(31)32-28-20/h4-12H,1-3H3,(H,25,30)(H,27,28,31). The van der Waals surface area contributed by atoms with E-state index in [1.54, 1.807) is 47.9 Å². The molecule has 9 nitrogen and oxygen atoms in total. The Hall–Kier alpha value is -4.05. The first-order chi connectivity index (χ1) is 15.9. The number of amides is 1. The van der Waals surface area contributed by atoms with Crippen LogP contribution in [0.5, 0.6) is 0 Å². The van der Waals surface area contributed by atoms with Gasteiger partial charge in [-0.1, -0.05) is 17.3 Å². The number of H-pyrrole nitrogens is 1. The molecule has 0 unspecified atom stereocenters. The molecule has 2 N–H and O–H groups in total. The second-order valence-corrected chi connectivity index (χ2v) is 9.15. The Bertz CT molecular complexity index is 1540. The van der Waals surface area contributed by atoms with Crippen LogP contribution >= 0.6 is 11.3 Å². The van der Waals surface area contributed by atoms with Gasteiger partial charge in [0.25, 0.3) is 5.91 Å². The minimum absolute atomic E-state index is 0.0903. The smallest absolute Gasteiger partial charge is 0.322 e. The highest BCUT2D eigenvalue weighted by molar-refractivity contribution is 7.15. The normalized spacial score (nSPS) is 11.4. The van der Waals surface area contributed by atoms with Crippen molar-refractivity contribution in [3.05, 3.63) is 69.7 Å².